The lowest BCUT2D eigenvalue weighted by atomic mass is 9.95. The molecule has 0 fully saturated rings. The van der Waals surface area contributed by atoms with Crippen molar-refractivity contribution in [2.24, 2.45) is 0 Å². The van der Waals surface area contributed by atoms with E-state index in [4.69, 9.17) is 4.74 Å². The highest BCUT2D eigenvalue weighted by atomic mass is 32.1. The molecule has 0 spiro atoms. The van der Waals surface area contributed by atoms with Crippen molar-refractivity contribution in [3.05, 3.63) is 81.7 Å². The zero-order valence-corrected chi connectivity index (χ0v) is 18.7. The molecule has 0 saturated heterocycles. The number of thiophene rings is 1. The molecule has 0 aliphatic rings. The molecule has 158 valence electrons. The molecule has 1 aromatic heterocycles. The second-order valence-corrected chi connectivity index (χ2v) is 8.72. The van der Waals surface area contributed by atoms with Gasteiger partial charge in [0.1, 0.15) is 11.5 Å². The van der Waals surface area contributed by atoms with Gasteiger partial charge in [-0.15, -0.1) is 11.3 Å². The van der Waals surface area contributed by atoms with Crippen LogP contribution in [0.3, 0.4) is 0 Å². The van der Waals surface area contributed by atoms with Gasteiger partial charge in [0.15, 0.2) is 6.21 Å². The average Bonchev–Trinajstić information content (AvgIpc) is 3.27. The first-order chi connectivity index (χ1) is 14.7. The molecular weight excluding hydrogens is 390 g/mol. The van der Waals surface area contributed by atoms with E-state index in [1.807, 2.05) is 41.8 Å². The Morgan fingerprint density at radius 3 is 2.23 bits per heavy atom. The molecule has 3 nitrogen and oxygen atoms in total. The summed E-state index contributed by atoms with van der Waals surface area (Å²) in [5.74, 6) is 2.10. The van der Waals surface area contributed by atoms with Crippen LogP contribution in [0.4, 0.5) is 5.69 Å². The van der Waals surface area contributed by atoms with Crippen molar-refractivity contribution in [1.29, 1.82) is 0 Å². The summed E-state index contributed by atoms with van der Waals surface area (Å²) in [5, 5.41) is 14.2. The first-order valence-electron chi connectivity index (χ1n) is 10.9. The van der Waals surface area contributed by atoms with Crippen molar-refractivity contribution in [3.63, 3.8) is 0 Å². The third-order valence-electron chi connectivity index (χ3n) is 5.30. The standard InChI is InChI=1S/C26H31NO2S/c1-3-4-5-6-7-9-21(2)22-11-15-24(16-12-22)29-25-17-13-23(14-18-25)27(28)20-26-10-8-19-30-26/h8,10-21H,3-7,9H2,1-2H3. The van der Waals surface area contributed by atoms with Crippen LogP contribution < -0.4 is 4.74 Å². The summed E-state index contributed by atoms with van der Waals surface area (Å²) in [7, 11) is 0. The van der Waals surface area contributed by atoms with Crippen molar-refractivity contribution in [2.75, 3.05) is 0 Å². The summed E-state index contributed by atoms with van der Waals surface area (Å²) in [5.41, 5.74) is 1.94. The van der Waals surface area contributed by atoms with Crippen LogP contribution >= 0.6 is 11.3 Å². The highest BCUT2D eigenvalue weighted by Crippen LogP contribution is 2.27. The van der Waals surface area contributed by atoms with Gasteiger partial charge in [-0.2, -0.15) is 4.74 Å². The molecule has 1 unspecified atom stereocenters. The Balaban J connectivity index is 1.52. The average molecular weight is 422 g/mol. The Bertz CT molecular complexity index is 899. The lowest BCUT2D eigenvalue weighted by Gasteiger charge is -2.13. The predicted molar refractivity (Wildman–Crippen MR) is 128 cm³/mol. The summed E-state index contributed by atoms with van der Waals surface area (Å²) >= 11 is 1.54. The van der Waals surface area contributed by atoms with E-state index in [0.717, 1.165) is 21.1 Å². The van der Waals surface area contributed by atoms with E-state index in [1.54, 1.807) is 18.3 Å². The third kappa shape index (κ3) is 6.74. The molecule has 3 aromatic rings. The van der Waals surface area contributed by atoms with Gasteiger partial charge in [0.05, 0.1) is 4.88 Å². The maximum absolute atomic E-state index is 12.2. The Morgan fingerprint density at radius 1 is 0.933 bits per heavy atom. The van der Waals surface area contributed by atoms with Gasteiger partial charge in [-0.1, -0.05) is 64.2 Å². The predicted octanol–water partition coefficient (Wildman–Crippen LogP) is 8.27. The van der Waals surface area contributed by atoms with Crippen LogP contribution in [0.5, 0.6) is 11.5 Å². The number of nitrogens with zero attached hydrogens (tertiary/aromatic N) is 1. The molecule has 4 heteroatoms. The summed E-state index contributed by atoms with van der Waals surface area (Å²) in [6.45, 7) is 4.56. The van der Waals surface area contributed by atoms with Crippen LogP contribution in [0, 0.1) is 5.21 Å². The topological polar surface area (TPSA) is 35.3 Å². The zero-order chi connectivity index (χ0) is 21.2. The van der Waals surface area contributed by atoms with Gasteiger partial charge in [0.2, 0.25) is 5.69 Å². The van der Waals surface area contributed by atoms with Crippen molar-refractivity contribution < 1.29 is 9.48 Å². The van der Waals surface area contributed by atoms with Gasteiger partial charge < -0.3 is 9.94 Å². The summed E-state index contributed by atoms with van der Waals surface area (Å²) in [4.78, 5) is 0.931. The Hall–Kier alpha value is -2.59. The number of rotatable bonds is 11. The molecule has 30 heavy (non-hydrogen) atoms. The maximum atomic E-state index is 12.2. The van der Waals surface area contributed by atoms with Gasteiger partial charge in [-0.05, 0) is 53.6 Å². The molecule has 0 aliphatic heterocycles. The zero-order valence-electron chi connectivity index (χ0n) is 17.9. The molecule has 0 radical (unpaired) electrons. The van der Waals surface area contributed by atoms with Crippen molar-refractivity contribution in [3.8, 4) is 11.5 Å². The minimum atomic E-state index is 0.572. The Labute approximate surface area is 184 Å². The quantitative estimate of drug-likeness (QED) is 0.103. The molecule has 1 atom stereocenters. The van der Waals surface area contributed by atoms with Gasteiger partial charge in [-0.3, -0.25) is 0 Å². The maximum Gasteiger partial charge on any atom is 0.216 e. The number of ether oxygens (including phenoxy) is 1. The van der Waals surface area contributed by atoms with E-state index in [1.165, 1.54) is 55.4 Å². The van der Waals surface area contributed by atoms with Crippen LogP contribution in [-0.2, 0) is 0 Å². The second-order valence-electron chi connectivity index (χ2n) is 7.74. The normalized spacial score (nSPS) is 12.7. The minimum absolute atomic E-state index is 0.572. The number of hydrogen-bond acceptors (Lipinski definition) is 3. The van der Waals surface area contributed by atoms with Gasteiger partial charge in [-0.25, -0.2) is 0 Å². The molecule has 0 saturated carbocycles. The van der Waals surface area contributed by atoms with E-state index in [0.29, 0.717) is 11.6 Å². The van der Waals surface area contributed by atoms with Crippen LogP contribution in [0.15, 0.2) is 66.0 Å². The van der Waals surface area contributed by atoms with Crippen molar-refractivity contribution in [1.82, 2.24) is 0 Å². The van der Waals surface area contributed by atoms with Crippen molar-refractivity contribution in [2.45, 2.75) is 58.3 Å². The van der Waals surface area contributed by atoms with E-state index in [-0.39, 0.29) is 0 Å². The molecule has 2 aromatic carbocycles. The summed E-state index contributed by atoms with van der Waals surface area (Å²) in [6, 6.07) is 19.5. The van der Waals surface area contributed by atoms with Gasteiger partial charge >= 0.3 is 0 Å². The lowest BCUT2D eigenvalue weighted by Crippen LogP contribution is -1.97. The summed E-state index contributed by atoms with van der Waals surface area (Å²) in [6.07, 6.45) is 9.45. The largest absolute Gasteiger partial charge is 0.618 e. The number of hydrogen-bond donors (Lipinski definition) is 0. The van der Waals surface area contributed by atoms with E-state index in [9.17, 15) is 5.21 Å². The van der Waals surface area contributed by atoms with Crippen LogP contribution in [0.25, 0.3) is 0 Å². The van der Waals surface area contributed by atoms with Crippen molar-refractivity contribution >= 4 is 23.2 Å². The minimum Gasteiger partial charge on any atom is -0.618 e. The molecule has 3 rings (SSSR count). The highest BCUT2D eigenvalue weighted by molar-refractivity contribution is 7.11. The first kappa shape index (κ1) is 22.1. The van der Waals surface area contributed by atoms with Gasteiger partial charge in [0, 0.05) is 12.1 Å². The fourth-order valence-corrected chi connectivity index (χ4v) is 4.07. The van der Waals surface area contributed by atoms with Crippen LogP contribution in [0.1, 0.15) is 68.7 Å². The second kappa shape index (κ2) is 11.6. The fraction of sp³-hybridized carbons (Fsp3) is 0.346. The van der Waals surface area contributed by atoms with Gasteiger partial charge in [0.25, 0.3) is 0 Å². The molecule has 0 N–H and O–H groups in total. The molecule has 0 amide bonds. The summed E-state index contributed by atoms with van der Waals surface area (Å²) < 4.78 is 6.83. The molecular formula is C26H31NO2S. The van der Waals surface area contributed by atoms with Crippen LogP contribution in [-0.4, -0.2) is 11.0 Å². The highest BCUT2D eigenvalue weighted by Gasteiger charge is 2.07. The molecule has 1 heterocycles. The molecule has 0 aliphatic carbocycles. The SMILES string of the molecule is CCCCCCCC(C)c1ccc(Oc2ccc([N+]([O-])=Cc3cccs3)cc2)cc1. The number of benzene rings is 2. The third-order valence-corrected chi connectivity index (χ3v) is 6.11. The fourth-order valence-electron chi connectivity index (χ4n) is 3.44. The van der Waals surface area contributed by atoms with E-state index < -0.39 is 0 Å². The Kier molecular flexibility index (Phi) is 8.52. The first-order valence-corrected chi connectivity index (χ1v) is 11.8. The monoisotopic (exact) mass is 421 g/mol. The lowest BCUT2D eigenvalue weighted by molar-refractivity contribution is -0.354. The van der Waals surface area contributed by atoms with E-state index in [2.05, 4.69) is 26.0 Å². The van der Waals surface area contributed by atoms with Crippen LogP contribution in [0.2, 0.25) is 0 Å². The Morgan fingerprint density at radius 2 is 1.60 bits per heavy atom. The number of unbranched alkanes of at least 4 members (excludes halogenated alkanes) is 4. The smallest absolute Gasteiger partial charge is 0.216 e. The van der Waals surface area contributed by atoms with E-state index >= 15 is 0 Å². The molecule has 0 bridgehead atoms.